The number of thiocarbonyl (C=S) groups is 1. The van der Waals surface area contributed by atoms with Gasteiger partial charge in [0.05, 0.1) is 0 Å². The summed E-state index contributed by atoms with van der Waals surface area (Å²) in [6.45, 7) is 7.24. The molecule has 1 heterocycles. The van der Waals surface area contributed by atoms with Gasteiger partial charge in [-0.1, -0.05) is 19.1 Å². The van der Waals surface area contributed by atoms with Crippen LogP contribution in [0.5, 0.6) is 0 Å². The summed E-state index contributed by atoms with van der Waals surface area (Å²) in [5.74, 6) is 0.0609. The fourth-order valence-corrected chi connectivity index (χ4v) is 3.07. The van der Waals surface area contributed by atoms with E-state index in [4.69, 9.17) is 12.2 Å². The lowest BCUT2D eigenvalue weighted by Gasteiger charge is -2.32. The number of carbonyl (C=O) groups excluding carboxylic acids is 1. The number of piperidine rings is 1. The maximum absolute atomic E-state index is 11.4. The van der Waals surface area contributed by atoms with Crippen LogP contribution in [-0.2, 0) is 0 Å². The summed E-state index contributed by atoms with van der Waals surface area (Å²) in [6, 6.07) is 7.87. The molecule has 4 nitrogen and oxygen atoms in total. The maximum Gasteiger partial charge on any atom is 0.170 e. The summed E-state index contributed by atoms with van der Waals surface area (Å²) < 4.78 is 0. The predicted octanol–water partition coefficient (Wildman–Crippen LogP) is 3.05. The molecule has 1 aromatic carbocycles. The molecule has 2 N–H and O–H groups in total. The lowest BCUT2D eigenvalue weighted by atomic mass is 10.1. The number of likely N-dealkylation sites (tertiary alicyclic amines) is 1. The Morgan fingerprint density at radius 2 is 2.09 bits per heavy atom. The van der Waals surface area contributed by atoms with Crippen molar-refractivity contribution in [3.63, 3.8) is 0 Å². The van der Waals surface area contributed by atoms with Gasteiger partial charge >= 0.3 is 0 Å². The molecule has 0 spiro atoms. The van der Waals surface area contributed by atoms with E-state index in [1.165, 1.54) is 13.0 Å². The van der Waals surface area contributed by atoms with Gasteiger partial charge in [0.25, 0.3) is 0 Å². The van der Waals surface area contributed by atoms with Crippen molar-refractivity contribution in [2.45, 2.75) is 39.2 Å². The normalized spacial score (nSPS) is 16.3. The van der Waals surface area contributed by atoms with E-state index in [1.54, 1.807) is 6.92 Å². The van der Waals surface area contributed by atoms with Gasteiger partial charge in [-0.3, -0.25) is 4.79 Å². The first-order chi connectivity index (χ1) is 10.6. The molecular formula is C17H25N3OS. The average Bonchev–Trinajstić information content (AvgIpc) is 2.49. The van der Waals surface area contributed by atoms with Gasteiger partial charge in [-0.15, -0.1) is 0 Å². The molecule has 1 aliphatic rings. The molecule has 0 aromatic heterocycles. The molecule has 2 rings (SSSR count). The molecule has 0 amide bonds. The molecule has 0 atom stereocenters. The molecule has 1 fully saturated rings. The highest BCUT2D eigenvalue weighted by molar-refractivity contribution is 7.80. The van der Waals surface area contributed by atoms with E-state index < -0.39 is 0 Å². The SMILES string of the molecule is CCCN1CCC(NC(=S)Nc2cccc(C(C)=O)c2)CC1. The van der Waals surface area contributed by atoms with Gasteiger partial charge in [0.1, 0.15) is 0 Å². The van der Waals surface area contributed by atoms with Crippen LogP contribution in [0.15, 0.2) is 24.3 Å². The maximum atomic E-state index is 11.4. The third-order valence-corrected chi connectivity index (χ3v) is 4.21. The van der Waals surface area contributed by atoms with Crippen molar-refractivity contribution < 1.29 is 4.79 Å². The minimum Gasteiger partial charge on any atom is -0.360 e. The van der Waals surface area contributed by atoms with Gasteiger partial charge in [-0.2, -0.15) is 0 Å². The smallest absolute Gasteiger partial charge is 0.170 e. The number of hydrogen-bond acceptors (Lipinski definition) is 3. The van der Waals surface area contributed by atoms with Crippen LogP contribution in [0.4, 0.5) is 5.69 Å². The third-order valence-electron chi connectivity index (χ3n) is 3.99. The van der Waals surface area contributed by atoms with Crippen molar-refractivity contribution in [2.24, 2.45) is 0 Å². The van der Waals surface area contributed by atoms with E-state index in [1.807, 2.05) is 24.3 Å². The van der Waals surface area contributed by atoms with Crippen molar-refractivity contribution in [1.82, 2.24) is 10.2 Å². The summed E-state index contributed by atoms with van der Waals surface area (Å²) in [7, 11) is 0. The number of Topliss-reactive ketones (excluding diaryl/α,β-unsaturated/α-hetero) is 1. The molecule has 120 valence electrons. The van der Waals surface area contributed by atoms with Gasteiger partial charge in [-0.25, -0.2) is 0 Å². The molecule has 0 radical (unpaired) electrons. The molecule has 0 unspecified atom stereocenters. The van der Waals surface area contributed by atoms with Gasteiger partial charge in [-0.05, 0) is 57.1 Å². The summed E-state index contributed by atoms with van der Waals surface area (Å²) in [5.41, 5.74) is 1.55. The van der Waals surface area contributed by atoms with Crippen LogP contribution in [0.2, 0.25) is 0 Å². The van der Waals surface area contributed by atoms with Crippen molar-refractivity contribution >= 4 is 28.8 Å². The summed E-state index contributed by atoms with van der Waals surface area (Å²) in [5, 5.41) is 7.20. The van der Waals surface area contributed by atoms with E-state index in [0.717, 1.165) is 31.6 Å². The fourth-order valence-electron chi connectivity index (χ4n) is 2.79. The lowest BCUT2D eigenvalue weighted by molar-refractivity contribution is 0.101. The summed E-state index contributed by atoms with van der Waals surface area (Å²) >= 11 is 5.39. The second-order valence-electron chi connectivity index (χ2n) is 5.85. The number of nitrogens with zero attached hydrogens (tertiary/aromatic N) is 1. The standard InChI is InChI=1S/C17H25N3OS/c1-3-9-20-10-7-15(8-11-20)18-17(22)19-16-6-4-5-14(12-16)13(2)21/h4-6,12,15H,3,7-11H2,1-2H3,(H2,18,19,22). The first-order valence-corrected chi connectivity index (χ1v) is 8.40. The number of rotatable bonds is 5. The largest absolute Gasteiger partial charge is 0.360 e. The van der Waals surface area contributed by atoms with Gasteiger partial charge in [0.2, 0.25) is 0 Å². The summed E-state index contributed by atoms with van der Waals surface area (Å²) in [6.07, 6.45) is 3.45. The lowest BCUT2D eigenvalue weighted by Crippen LogP contribution is -2.46. The van der Waals surface area contributed by atoms with E-state index in [-0.39, 0.29) is 5.78 Å². The zero-order valence-electron chi connectivity index (χ0n) is 13.4. The zero-order chi connectivity index (χ0) is 15.9. The number of nitrogens with one attached hydrogen (secondary N) is 2. The van der Waals surface area contributed by atoms with Gasteiger partial charge in [0.15, 0.2) is 10.9 Å². The second-order valence-corrected chi connectivity index (χ2v) is 6.26. The third kappa shape index (κ3) is 5.07. The Morgan fingerprint density at radius 3 is 2.73 bits per heavy atom. The molecular weight excluding hydrogens is 294 g/mol. The molecule has 0 aliphatic carbocycles. The van der Waals surface area contributed by atoms with Crippen LogP contribution in [0.3, 0.4) is 0 Å². The van der Waals surface area contributed by atoms with E-state index >= 15 is 0 Å². The van der Waals surface area contributed by atoms with Crippen molar-refractivity contribution in [2.75, 3.05) is 25.0 Å². The first kappa shape index (κ1) is 16.9. The van der Waals surface area contributed by atoms with Crippen molar-refractivity contribution in [1.29, 1.82) is 0 Å². The summed E-state index contributed by atoms with van der Waals surface area (Å²) in [4.78, 5) is 13.9. The molecule has 1 aromatic rings. The number of hydrogen-bond donors (Lipinski definition) is 2. The zero-order valence-corrected chi connectivity index (χ0v) is 14.2. The van der Waals surface area contributed by atoms with Crippen LogP contribution >= 0.6 is 12.2 Å². The van der Waals surface area contributed by atoms with Crippen molar-refractivity contribution in [3.8, 4) is 0 Å². The Kier molecular flexibility index (Phi) is 6.34. The van der Waals surface area contributed by atoms with E-state index in [9.17, 15) is 4.79 Å². The molecule has 1 aliphatic heterocycles. The Labute approximate surface area is 138 Å². The Balaban J connectivity index is 1.81. The minimum absolute atomic E-state index is 0.0609. The van der Waals surface area contributed by atoms with E-state index in [0.29, 0.717) is 16.7 Å². The number of carbonyl (C=O) groups is 1. The Hall–Kier alpha value is -1.46. The second kappa shape index (κ2) is 8.25. The fraction of sp³-hybridized carbons (Fsp3) is 0.529. The molecule has 5 heteroatoms. The minimum atomic E-state index is 0.0609. The predicted molar refractivity (Wildman–Crippen MR) is 95.6 cm³/mol. The topological polar surface area (TPSA) is 44.4 Å². The van der Waals surface area contributed by atoms with E-state index in [2.05, 4.69) is 22.5 Å². The highest BCUT2D eigenvalue weighted by Gasteiger charge is 2.18. The van der Waals surface area contributed by atoms with Crippen molar-refractivity contribution in [3.05, 3.63) is 29.8 Å². The first-order valence-electron chi connectivity index (χ1n) is 7.99. The highest BCUT2D eigenvalue weighted by atomic mass is 32.1. The quantitative estimate of drug-likeness (QED) is 0.645. The number of anilines is 1. The number of ketones is 1. The number of benzene rings is 1. The molecule has 0 saturated carbocycles. The Morgan fingerprint density at radius 1 is 1.36 bits per heavy atom. The van der Waals surface area contributed by atoms with Crippen LogP contribution in [0.25, 0.3) is 0 Å². The Bertz CT molecular complexity index is 524. The van der Waals surface area contributed by atoms with Gasteiger partial charge in [0, 0.05) is 30.4 Å². The van der Waals surface area contributed by atoms with Crippen LogP contribution in [0, 0.1) is 0 Å². The van der Waals surface area contributed by atoms with Crippen LogP contribution < -0.4 is 10.6 Å². The monoisotopic (exact) mass is 319 g/mol. The molecule has 22 heavy (non-hydrogen) atoms. The highest BCUT2D eigenvalue weighted by Crippen LogP contribution is 2.13. The van der Waals surface area contributed by atoms with Crippen LogP contribution in [0.1, 0.15) is 43.5 Å². The molecule has 0 bridgehead atoms. The van der Waals surface area contributed by atoms with Crippen LogP contribution in [-0.4, -0.2) is 41.5 Å². The molecule has 1 saturated heterocycles. The average molecular weight is 319 g/mol. The van der Waals surface area contributed by atoms with Gasteiger partial charge < -0.3 is 15.5 Å².